The van der Waals surface area contributed by atoms with Gasteiger partial charge in [-0.05, 0) is 64.3 Å². The molecule has 4 aliphatic rings. The summed E-state index contributed by atoms with van der Waals surface area (Å²) in [5.41, 5.74) is 0.730. The van der Waals surface area contributed by atoms with Crippen molar-refractivity contribution in [3.05, 3.63) is 41.8 Å². The van der Waals surface area contributed by atoms with Crippen LogP contribution in [0.5, 0.6) is 11.8 Å². The summed E-state index contributed by atoms with van der Waals surface area (Å²) in [5.74, 6) is 2.32. The molecule has 4 atom stereocenters. The number of aromatic nitrogens is 4. The van der Waals surface area contributed by atoms with E-state index in [2.05, 4.69) is 30.5 Å². The highest BCUT2D eigenvalue weighted by molar-refractivity contribution is 5.93. The fourth-order valence-electron chi connectivity index (χ4n) is 5.69. The number of nitrogens with zero attached hydrogens (tertiary/aromatic N) is 6. The van der Waals surface area contributed by atoms with Crippen LogP contribution in [-0.4, -0.2) is 81.3 Å². The highest BCUT2D eigenvalue weighted by atomic mass is 19.1. The van der Waals surface area contributed by atoms with Crippen LogP contribution in [0.2, 0.25) is 0 Å². The Bertz CT molecular complexity index is 1340. The maximum absolute atomic E-state index is 15.1. The molecule has 0 aromatic carbocycles. The zero-order chi connectivity index (χ0) is 27.5. The molecule has 1 amide bonds. The van der Waals surface area contributed by atoms with Gasteiger partial charge >= 0.3 is 12.1 Å². The van der Waals surface area contributed by atoms with Gasteiger partial charge < -0.3 is 29.9 Å². The number of amides is 1. The van der Waals surface area contributed by atoms with E-state index in [1.807, 2.05) is 0 Å². The molecule has 0 bridgehead atoms. The van der Waals surface area contributed by atoms with E-state index in [0.29, 0.717) is 40.7 Å². The number of nitrogens with one attached hydrogen (secondary N) is 2. The van der Waals surface area contributed by atoms with Crippen LogP contribution in [0, 0.1) is 12.8 Å². The van der Waals surface area contributed by atoms with Crippen molar-refractivity contribution in [2.75, 3.05) is 36.9 Å². The summed E-state index contributed by atoms with van der Waals surface area (Å²) in [7, 11) is 1.61. The molecular formula is C27H33FN8O3. The molecule has 12 heteroatoms. The molecular weight excluding hydrogens is 503 g/mol. The smallest absolute Gasteiger partial charge is 0.410 e. The third-order valence-electron chi connectivity index (χ3n) is 7.51. The summed E-state index contributed by atoms with van der Waals surface area (Å²) < 4.78 is 26.6. The van der Waals surface area contributed by atoms with E-state index in [9.17, 15) is 4.79 Å². The van der Waals surface area contributed by atoms with Crippen LogP contribution in [0.15, 0.2) is 30.4 Å². The van der Waals surface area contributed by atoms with Gasteiger partial charge in [0.25, 0.3) is 0 Å². The average Bonchev–Trinajstić information content (AvgIpc) is 3.56. The summed E-state index contributed by atoms with van der Waals surface area (Å²) in [6, 6.07) is -0.572. The van der Waals surface area contributed by atoms with E-state index in [4.69, 9.17) is 14.5 Å². The maximum atomic E-state index is 15.1. The Kier molecular flexibility index (Phi) is 6.17. The fraction of sp³-hybridized carbons (Fsp3) is 0.519. The van der Waals surface area contributed by atoms with Gasteiger partial charge in [0, 0.05) is 26.2 Å². The third kappa shape index (κ3) is 4.88. The first-order valence-electron chi connectivity index (χ1n) is 13.2. The predicted octanol–water partition coefficient (Wildman–Crippen LogP) is 3.45. The molecule has 1 aliphatic carbocycles. The highest BCUT2D eigenvalue weighted by Gasteiger charge is 2.44. The molecule has 2 aromatic heterocycles. The van der Waals surface area contributed by atoms with Gasteiger partial charge in [-0.2, -0.15) is 9.97 Å². The third-order valence-corrected chi connectivity index (χ3v) is 7.51. The second kappa shape index (κ2) is 9.44. The van der Waals surface area contributed by atoms with Crippen molar-refractivity contribution in [2.45, 2.75) is 57.8 Å². The van der Waals surface area contributed by atoms with Crippen molar-refractivity contribution in [3.8, 4) is 11.8 Å². The number of halogens is 1. The topological polar surface area (TPSA) is 118 Å². The lowest BCUT2D eigenvalue weighted by atomic mass is 9.91. The quantitative estimate of drug-likeness (QED) is 0.602. The molecule has 2 unspecified atom stereocenters. The number of rotatable bonds is 4. The van der Waals surface area contributed by atoms with Gasteiger partial charge in [-0.1, -0.05) is 0 Å². The van der Waals surface area contributed by atoms with Crippen LogP contribution in [0.4, 0.5) is 20.8 Å². The Morgan fingerprint density at radius 3 is 2.69 bits per heavy atom. The number of likely N-dealkylation sites (N-methyl/N-ethyl adjacent to an activating group) is 1. The minimum absolute atomic E-state index is 0.137. The van der Waals surface area contributed by atoms with Gasteiger partial charge in [0.1, 0.15) is 28.9 Å². The highest BCUT2D eigenvalue weighted by Crippen LogP contribution is 2.46. The molecule has 2 fully saturated rings. The molecule has 0 saturated carbocycles. The summed E-state index contributed by atoms with van der Waals surface area (Å²) in [5, 5.41) is 6.99. The summed E-state index contributed by atoms with van der Waals surface area (Å²) in [6.45, 7) is 9.80. The van der Waals surface area contributed by atoms with E-state index in [0.717, 1.165) is 31.6 Å². The molecule has 0 radical (unpaired) electrons. The maximum Gasteiger partial charge on any atom is 0.410 e. The van der Waals surface area contributed by atoms with Gasteiger partial charge in [-0.25, -0.2) is 19.2 Å². The van der Waals surface area contributed by atoms with Gasteiger partial charge in [0.05, 0.1) is 30.0 Å². The largest absolute Gasteiger partial charge is 0.444 e. The molecule has 3 aliphatic heterocycles. The van der Waals surface area contributed by atoms with Crippen molar-refractivity contribution in [1.29, 1.82) is 0 Å². The first-order chi connectivity index (χ1) is 18.6. The van der Waals surface area contributed by atoms with Crippen LogP contribution >= 0.6 is 0 Å². The van der Waals surface area contributed by atoms with Gasteiger partial charge in [-0.15, -0.1) is 0 Å². The van der Waals surface area contributed by atoms with E-state index < -0.39 is 29.6 Å². The standard InChI is InChI=1S/C27H33FN8O3/c1-14-30-10-17(11-31-14)38-25-33-23-21(24(34-25)36-12-15-6-7-29-19(15)13-36)18-8-16(28)9-20(22(18)32-23)35(5)26(37)39-27(2,3)4/h8-11,15,19-20,22,29H,6-7,12-13H2,1-5H3,(H,32,33,34)/t15-,19+,20?,22?/m1/s1. The second-order valence-electron chi connectivity index (χ2n) is 11.5. The van der Waals surface area contributed by atoms with Crippen LogP contribution in [0.1, 0.15) is 38.6 Å². The summed E-state index contributed by atoms with van der Waals surface area (Å²) >= 11 is 0. The van der Waals surface area contributed by atoms with Crippen LogP contribution < -0.4 is 20.3 Å². The van der Waals surface area contributed by atoms with Crippen molar-refractivity contribution >= 4 is 23.3 Å². The van der Waals surface area contributed by atoms with E-state index in [1.54, 1.807) is 47.1 Å². The Balaban J connectivity index is 1.37. The Hall–Kier alpha value is -3.80. The molecule has 2 saturated heterocycles. The molecule has 5 heterocycles. The zero-order valence-electron chi connectivity index (χ0n) is 22.7. The minimum Gasteiger partial charge on any atom is -0.444 e. The number of hydrogen-bond acceptors (Lipinski definition) is 10. The number of allylic oxidation sites excluding steroid dienone is 2. The SMILES string of the molecule is Cc1ncc(Oc2nc3c(c(N4C[C@H]5CCN[C@H]5C4)n2)C2=CC(F)=CC(N(C)C(=O)OC(C)(C)C)C2N3)cn1. The lowest BCUT2D eigenvalue weighted by Gasteiger charge is -2.34. The predicted molar refractivity (Wildman–Crippen MR) is 143 cm³/mol. The first-order valence-corrected chi connectivity index (χ1v) is 13.2. The number of anilines is 2. The van der Waals surface area contributed by atoms with Crippen LogP contribution in [0.25, 0.3) is 5.57 Å². The second-order valence-corrected chi connectivity index (χ2v) is 11.5. The van der Waals surface area contributed by atoms with E-state index >= 15 is 4.39 Å². The van der Waals surface area contributed by atoms with Gasteiger partial charge in [-0.3, -0.25) is 0 Å². The van der Waals surface area contributed by atoms with E-state index in [-0.39, 0.29) is 6.01 Å². The molecule has 11 nitrogen and oxygen atoms in total. The van der Waals surface area contributed by atoms with Crippen molar-refractivity contribution < 1.29 is 18.7 Å². The van der Waals surface area contributed by atoms with Gasteiger partial charge in [0.2, 0.25) is 0 Å². The normalized spacial score (nSPS) is 25.2. The van der Waals surface area contributed by atoms with Crippen LogP contribution in [0.3, 0.4) is 0 Å². The monoisotopic (exact) mass is 536 g/mol. The average molecular weight is 537 g/mol. The lowest BCUT2D eigenvalue weighted by Crippen LogP contribution is -2.48. The van der Waals surface area contributed by atoms with E-state index in [1.165, 1.54) is 17.1 Å². The Morgan fingerprint density at radius 1 is 1.21 bits per heavy atom. The molecule has 2 N–H and O–H groups in total. The fourth-order valence-corrected chi connectivity index (χ4v) is 5.69. The number of carbonyl (C=O) groups excluding carboxylic acids is 1. The lowest BCUT2D eigenvalue weighted by molar-refractivity contribution is 0.0251. The molecule has 6 rings (SSSR count). The number of aryl methyl sites for hydroxylation is 1. The van der Waals surface area contributed by atoms with Crippen LogP contribution in [-0.2, 0) is 4.74 Å². The molecule has 2 aromatic rings. The first kappa shape index (κ1) is 25.5. The van der Waals surface area contributed by atoms with Crippen molar-refractivity contribution in [3.63, 3.8) is 0 Å². The minimum atomic E-state index is -0.681. The molecule has 39 heavy (non-hydrogen) atoms. The molecule has 0 spiro atoms. The zero-order valence-corrected chi connectivity index (χ0v) is 22.7. The van der Waals surface area contributed by atoms with Crippen molar-refractivity contribution in [1.82, 2.24) is 30.2 Å². The Morgan fingerprint density at radius 2 is 1.97 bits per heavy atom. The number of fused-ring (bicyclic) bond motifs is 4. The van der Waals surface area contributed by atoms with Gasteiger partial charge in [0.15, 0.2) is 5.75 Å². The summed E-state index contributed by atoms with van der Waals surface area (Å²) in [6.07, 6.45) is 6.63. The number of carbonyl (C=O) groups is 1. The van der Waals surface area contributed by atoms with Crippen molar-refractivity contribution in [2.24, 2.45) is 5.92 Å². The molecule has 206 valence electrons. The number of ether oxygens (including phenoxy) is 2. The number of hydrogen-bond donors (Lipinski definition) is 2. The summed E-state index contributed by atoms with van der Waals surface area (Å²) in [4.78, 5) is 34.4. The Labute approximate surface area is 226 Å².